The molecule has 1 rings (SSSR count). The lowest BCUT2D eigenvalue weighted by atomic mass is 10.2. The summed E-state index contributed by atoms with van der Waals surface area (Å²) in [5.41, 5.74) is -0.800. The molecule has 1 heterocycles. The van der Waals surface area contributed by atoms with Crippen molar-refractivity contribution < 1.29 is 22.7 Å². The molecule has 0 aromatic carbocycles. The first-order chi connectivity index (χ1) is 10.5. The minimum atomic E-state index is -4.49. The fraction of sp³-hybridized carbons (Fsp3) is 0.571. The fourth-order valence-corrected chi connectivity index (χ4v) is 1.88. The monoisotopic (exact) mass is 397 g/mol. The molecule has 0 fully saturated rings. The quantitative estimate of drug-likeness (QED) is 0.745. The summed E-state index contributed by atoms with van der Waals surface area (Å²) in [5.74, 6) is 0. The van der Waals surface area contributed by atoms with Gasteiger partial charge in [0, 0.05) is 23.8 Å². The van der Waals surface area contributed by atoms with Crippen molar-refractivity contribution >= 4 is 22.0 Å². The van der Waals surface area contributed by atoms with Gasteiger partial charge in [0.25, 0.3) is 0 Å². The van der Waals surface area contributed by atoms with E-state index in [1.807, 2.05) is 0 Å². The van der Waals surface area contributed by atoms with Crippen molar-refractivity contribution in [3.8, 4) is 0 Å². The van der Waals surface area contributed by atoms with Gasteiger partial charge in [0.1, 0.15) is 11.6 Å². The largest absolute Gasteiger partial charge is 0.444 e. The lowest BCUT2D eigenvalue weighted by molar-refractivity contribution is -0.158. The zero-order chi connectivity index (χ0) is 17.7. The van der Waals surface area contributed by atoms with Gasteiger partial charge < -0.3 is 10.1 Å². The first-order valence-electron chi connectivity index (χ1n) is 6.87. The Balaban J connectivity index is 2.54. The van der Waals surface area contributed by atoms with Gasteiger partial charge in [-0.2, -0.15) is 13.2 Å². The Labute approximate surface area is 141 Å². The van der Waals surface area contributed by atoms with Crippen LogP contribution in [0.4, 0.5) is 18.0 Å². The Hall–Kier alpha value is -1.35. The third-order valence-corrected chi connectivity index (χ3v) is 2.98. The molecule has 0 saturated carbocycles. The molecule has 1 amide bonds. The number of alkyl halides is 3. The van der Waals surface area contributed by atoms with Crippen molar-refractivity contribution in [1.29, 1.82) is 0 Å². The molecular formula is C14H19BrF3N3O2. The summed E-state index contributed by atoms with van der Waals surface area (Å²) in [6.07, 6.45) is -3.87. The Morgan fingerprint density at radius 3 is 2.43 bits per heavy atom. The molecule has 1 atom stereocenters. The van der Waals surface area contributed by atoms with Gasteiger partial charge in [-0.3, -0.25) is 10.3 Å². The number of ether oxygens (including phenoxy) is 1. The van der Waals surface area contributed by atoms with E-state index in [1.54, 1.807) is 20.8 Å². The van der Waals surface area contributed by atoms with Gasteiger partial charge in [-0.25, -0.2) is 4.79 Å². The third kappa shape index (κ3) is 7.65. The summed E-state index contributed by atoms with van der Waals surface area (Å²) in [6.45, 7) is 5.01. The molecule has 1 aromatic rings. The summed E-state index contributed by atoms with van der Waals surface area (Å²) in [7, 11) is 0. The molecule has 9 heteroatoms. The number of alkyl carbamates (subject to hydrolysis) is 1. The molecule has 0 saturated heterocycles. The highest BCUT2D eigenvalue weighted by Gasteiger charge is 2.41. The van der Waals surface area contributed by atoms with Crippen LogP contribution in [-0.4, -0.2) is 35.9 Å². The molecule has 0 aliphatic rings. The van der Waals surface area contributed by atoms with Crippen LogP contribution in [0.1, 0.15) is 32.5 Å². The van der Waals surface area contributed by atoms with Crippen LogP contribution in [0, 0.1) is 0 Å². The van der Waals surface area contributed by atoms with Crippen LogP contribution in [0.25, 0.3) is 0 Å². The van der Waals surface area contributed by atoms with Crippen LogP contribution in [0.2, 0.25) is 0 Å². The number of rotatable bonds is 5. The van der Waals surface area contributed by atoms with Gasteiger partial charge in [0.05, 0.1) is 5.69 Å². The van der Waals surface area contributed by atoms with Crippen LogP contribution >= 0.6 is 15.9 Å². The molecule has 0 aliphatic carbocycles. The Morgan fingerprint density at radius 2 is 1.96 bits per heavy atom. The Morgan fingerprint density at radius 1 is 1.30 bits per heavy atom. The Bertz CT molecular complexity index is 515. The fourth-order valence-electron chi connectivity index (χ4n) is 1.64. The van der Waals surface area contributed by atoms with Gasteiger partial charge in [-0.1, -0.05) is 0 Å². The molecule has 5 nitrogen and oxygen atoms in total. The van der Waals surface area contributed by atoms with Crippen molar-refractivity contribution in [3.05, 3.63) is 28.5 Å². The number of amides is 1. The van der Waals surface area contributed by atoms with E-state index in [4.69, 9.17) is 4.74 Å². The number of halogens is 4. The van der Waals surface area contributed by atoms with Crippen molar-refractivity contribution in [3.63, 3.8) is 0 Å². The van der Waals surface area contributed by atoms with Crippen LogP contribution < -0.4 is 10.6 Å². The second kappa shape index (κ2) is 7.96. The average molecular weight is 398 g/mol. The predicted molar refractivity (Wildman–Crippen MR) is 83.0 cm³/mol. The molecule has 23 heavy (non-hydrogen) atoms. The number of nitrogens with zero attached hydrogens (tertiary/aromatic N) is 1. The molecule has 130 valence electrons. The van der Waals surface area contributed by atoms with Gasteiger partial charge in [-0.05, 0) is 48.8 Å². The lowest BCUT2D eigenvalue weighted by Gasteiger charge is -2.22. The van der Waals surface area contributed by atoms with E-state index in [-0.39, 0.29) is 18.8 Å². The first kappa shape index (κ1) is 19.7. The second-order valence-electron chi connectivity index (χ2n) is 5.76. The summed E-state index contributed by atoms with van der Waals surface area (Å²) < 4.78 is 44.8. The maximum Gasteiger partial charge on any atom is 0.409 e. The molecular weight excluding hydrogens is 379 g/mol. The van der Waals surface area contributed by atoms with Gasteiger partial charge in [0.15, 0.2) is 0 Å². The summed E-state index contributed by atoms with van der Waals surface area (Å²) >= 11 is 3.12. The van der Waals surface area contributed by atoms with Crippen LogP contribution in [0.3, 0.4) is 0 Å². The van der Waals surface area contributed by atoms with E-state index in [1.165, 1.54) is 18.3 Å². The minimum Gasteiger partial charge on any atom is -0.444 e. The molecule has 1 unspecified atom stereocenters. The summed E-state index contributed by atoms with van der Waals surface area (Å²) in [5, 5.41) is 4.73. The number of aromatic nitrogens is 1. The second-order valence-corrected chi connectivity index (χ2v) is 6.67. The van der Waals surface area contributed by atoms with Gasteiger partial charge in [-0.15, -0.1) is 0 Å². The van der Waals surface area contributed by atoms with Gasteiger partial charge in [0.2, 0.25) is 0 Å². The number of carbonyl (C=O) groups excluding carboxylic acids is 1. The first-order valence-corrected chi connectivity index (χ1v) is 7.67. The summed E-state index contributed by atoms with van der Waals surface area (Å²) in [6, 6.07) is 0.870. The molecule has 0 aliphatic heterocycles. The van der Waals surface area contributed by atoms with E-state index in [2.05, 4.69) is 31.5 Å². The van der Waals surface area contributed by atoms with Gasteiger partial charge >= 0.3 is 12.3 Å². The van der Waals surface area contributed by atoms with Crippen LogP contribution in [0.5, 0.6) is 0 Å². The topological polar surface area (TPSA) is 63.2 Å². The zero-order valence-corrected chi connectivity index (χ0v) is 14.6. The molecule has 1 aromatic heterocycles. The highest BCUT2D eigenvalue weighted by Crippen LogP contribution is 2.31. The zero-order valence-electron chi connectivity index (χ0n) is 13.0. The van der Waals surface area contributed by atoms with Crippen LogP contribution in [-0.2, 0) is 4.74 Å². The number of nitrogens with one attached hydrogen (secondary N) is 2. The average Bonchev–Trinajstić information content (AvgIpc) is 2.36. The molecule has 0 bridgehead atoms. The smallest absolute Gasteiger partial charge is 0.409 e. The number of pyridine rings is 1. The standard InChI is InChI=1S/C14H19BrF3N3O2/c1-13(2,3)23-12(22)20-7-6-19-11(14(16,17)18)10-5-4-9(15)8-21-10/h4-5,8,11,19H,6-7H2,1-3H3,(H,20,22). The third-order valence-electron chi connectivity index (χ3n) is 2.52. The van der Waals surface area contributed by atoms with Crippen molar-refractivity contribution in [2.75, 3.05) is 13.1 Å². The maximum atomic E-state index is 13.1. The predicted octanol–water partition coefficient (Wildman–Crippen LogP) is 3.56. The number of hydrogen-bond donors (Lipinski definition) is 2. The maximum absolute atomic E-state index is 13.1. The number of carbonyl (C=O) groups is 1. The van der Waals surface area contributed by atoms with E-state index in [0.717, 1.165) is 0 Å². The van der Waals surface area contributed by atoms with E-state index in [9.17, 15) is 18.0 Å². The van der Waals surface area contributed by atoms with E-state index < -0.39 is 23.9 Å². The minimum absolute atomic E-state index is 0.00196. The van der Waals surface area contributed by atoms with Crippen molar-refractivity contribution in [2.45, 2.75) is 38.6 Å². The molecule has 2 N–H and O–H groups in total. The van der Waals surface area contributed by atoms with E-state index in [0.29, 0.717) is 4.47 Å². The highest BCUT2D eigenvalue weighted by molar-refractivity contribution is 9.10. The summed E-state index contributed by atoms with van der Waals surface area (Å²) in [4.78, 5) is 15.2. The molecule has 0 spiro atoms. The normalized spacial score (nSPS) is 13.5. The number of hydrogen-bond acceptors (Lipinski definition) is 4. The SMILES string of the molecule is CC(C)(C)OC(=O)NCCNC(c1ccc(Br)cn1)C(F)(F)F. The Kier molecular flexibility index (Phi) is 6.82. The molecule has 0 radical (unpaired) electrons. The lowest BCUT2D eigenvalue weighted by Crippen LogP contribution is -2.40. The van der Waals surface area contributed by atoms with E-state index >= 15 is 0 Å². The van der Waals surface area contributed by atoms with Crippen molar-refractivity contribution in [2.24, 2.45) is 0 Å². The highest BCUT2D eigenvalue weighted by atomic mass is 79.9. The van der Waals surface area contributed by atoms with Crippen molar-refractivity contribution in [1.82, 2.24) is 15.6 Å². The van der Waals surface area contributed by atoms with Crippen LogP contribution in [0.15, 0.2) is 22.8 Å².